The van der Waals surface area contributed by atoms with Crippen LogP contribution in [0, 0.1) is 0 Å². The first-order chi connectivity index (χ1) is 9.38. The van der Waals surface area contributed by atoms with Crippen LogP contribution in [0.5, 0.6) is 0 Å². The van der Waals surface area contributed by atoms with Crippen molar-refractivity contribution in [2.45, 2.75) is 39.2 Å². The molecular formula is C16H21N3O. The first kappa shape index (κ1) is 14.3. The van der Waals surface area contributed by atoms with Crippen molar-refractivity contribution in [2.24, 2.45) is 0 Å². The minimum Gasteiger partial charge on any atom is -0.324 e. The fourth-order valence-corrected chi connectivity index (χ4v) is 1.93. The predicted molar refractivity (Wildman–Crippen MR) is 80.7 cm³/mol. The molecule has 4 nitrogen and oxygen atoms in total. The highest BCUT2D eigenvalue weighted by atomic mass is 16.2. The summed E-state index contributed by atoms with van der Waals surface area (Å²) in [5.41, 5.74) is 2.17. The fourth-order valence-electron chi connectivity index (χ4n) is 1.93. The van der Waals surface area contributed by atoms with Gasteiger partial charge in [0.2, 0.25) is 5.91 Å². The van der Waals surface area contributed by atoms with Gasteiger partial charge < -0.3 is 5.32 Å². The Hall–Kier alpha value is -2.10. The van der Waals surface area contributed by atoms with Crippen LogP contribution in [0.25, 0.3) is 0 Å². The molecule has 1 amide bonds. The molecule has 0 aliphatic heterocycles. The molecule has 4 heteroatoms. The Morgan fingerprint density at radius 2 is 1.90 bits per heavy atom. The zero-order chi connectivity index (χ0) is 14.8. The number of carbonyl (C=O) groups is 1. The third kappa shape index (κ3) is 3.26. The van der Waals surface area contributed by atoms with Gasteiger partial charge in [-0.1, -0.05) is 32.9 Å². The Balaban J connectivity index is 2.05. The molecule has 1 heterocycles. The molecule has 2 aromatic rings. The van der Waals surface area contributed by atoms with E-state index in [1.54, 1.807) is 17.1 Å². The number of benzene rings is 1. The zero-order valence-electron chi connectivity index (χ0n) is 12.4. The summed E-state index contributed by atoms with van der Waals surface area (Å²) in [5, 5.41) is 6.99. The van der Waals surface area contributed by atoms with Crippen LogP contribution in [0.1, 0.15) is 39.3 Å². The maximum Gasteiger partial charge on any atom is 0.248 e. The van der Waals surface area contributed by atoms with Gasteiger partial charge in [-0.2, -0.15) is 5.10 Å². The second kappa shape index (κ2) is 5.49. The highest BCUT2D eigenvalue weighted by molar-refractivity contribution is 5.93. The van der Waals surface area contributed by atoms with Crippen LogP contribution >= 0.6 is 0 Å². The maximum atomic E-state index is 12.1. The lowest BCUT2D eigenvalue weighted by atomic mass is 9.87. The Kier molecular flexibility index (Phi) is 3.93. The summed E-state index contributed by atoms with van der Waals surface area (Å²) in [6.07, 6.45) is 3.45. The number of anilines is 1. The summed E-state index contributed by atoms with van der Waals surface area (Å²) >= 11 is 0. The number of rotatable bonds is 3. The minimum absolute atomic E-state index is 0.0720. The molecule has 0 unspecified atom stereocenters. The predicted octanol–water partition coefficient (Wildman–Crippen LogP) is 3.38. The molecule has 1 atom stereocenters. The normalized spacial score (nSPS) is 13.0. The van der Waals surface area contributed by atoms with Crippen molar-refractivity contribution in [1.29, 1.82) is 0 Å². The van der Waals surface area contributed by atoms with E-state index >= 15 is 0 Å². The smallest absolute Gasteiger partial charge is 0.248 e. The molecule has 1 N–H and O–H groups in total. The number of hydrogen-bond acceptors (Lipinski definition) is 2. The second-order valence-electron chi connectivity index (χ2n) is 5.98. The molecule has 0 aliphatic carbocycles. The van der Waals surface area contributed by atoms with E-state index in [1.165, 1.54) is 5.56 Å². The molecular weight excluding hydrogens is 250 g/mol. The van der Waals surface area contributed by atoms with Crippen molar-refractivity contribution in [3.05, 3.63) is 48.3 Å². The molecule has 20 heavy (non-hydrogen) atoms. The SMILES string of the molecule is C[C@@H](C(=O)Nc1ccc(C(C)(C)C)cc1)n1cccn1. The lowest BCUT2D eigenvalue weighted by Crippen LogP contribution is -2.24. The average Bonchev–Trinajstić information content (AvgIpc) is 2.91. The molecule has 2 rings (SSSR count). The van der Waals surface area contributed by atoms with Crippen molar-refractivity contribution >= 4 is 11.6 Å². The minimum atomic E-state index is -0.327. The number of carbonyl (C=O) groups excluding carboxylic acids is 1. The molecule has 106 valence electrons. The van der Waals surface area contributed by atoms with Gasteiger partial charge in [-0.15, -0.1) is 0 Å². The van der Waals surface area contributed by atoms with Gasteiger partial charge in [-0.3, -0.25) is 9.48 Å². The van der Waals surface area contributed by atoms with E-state index < -0.39 is 0 Å². The van der Waals surface area contributed by atoms with E-state index in [-0.39, 0.29) is 17.4 Å². The van der Waals surface area contributed by atoms with Crippen LogP contribution in [-0.4, -0.2) is 15.7 Å². The second-order valence-corrected chi connectivity index (χ2v) is 5.98. The number of nitrogens with zero attached hydrogens (tertiary/aromatic N) is 2. The summed E-state index contributed by atoms with van der Waals surface area (Å²) in [6, 6.07) is 9.46. The van der Waals surface area contributed by atoms with Gasteiger partial charge in [-0.05, 0) is 36.1 Å². The van der Waals surface area contributed by atoms with Gasteiger partial charge >= 0.3 is 0 Å². The van der Waals surface area contributed by atoms with Crippen molar-refractivity contribution in [1.82, 2.24) is 9.78 Å². The summed E-state index contributed by atoms with van der Waals surface area (Å²) in [6.45, 7) is 8.33. The number of aromatic nitrogens is 2. The number of amides is 1. The van der Waals surface area contributed by atoms with Crippen LogP contribution in [-0.2, 0) is 10.2 Å². The van der Waals surface area contributed by atoms with E-state index in [1.807, 2.05) is 37.3 Å². The van der Waals surface area contributed by atoms with Crippen molar-refractivity contribution < 1.29 is 4.79 Å². The van der Waals surface area contributed by atoms with Gasteiger partial charge in [0, 0.05) is 18.1 Å². The topological polar surface area (TPSA) is 46.9 Å². The Morgan fingerprint density at radius 1 is 1.25 bits per heavy atom. The molecule has 0 spiro atoms. The average molecular weight is 271 g/mol. The fraction of sp³-hybridized carbons (Fsp3) is 0.375. The van der Waals surface area contributed by atoms with Crippen molar-refractivity contribution in [3.63, 3.8) is 0 Å². The van der Waals surface area contributed by atoms with Gasteiger partial charge in [-0.25, -0.2) is 0 Å². The van der Waals surface area contributed by atoms with Crippen molar-refractivity contribution in [2.75, 3.05) is 5.32 Å². The molecule has 0 radical (unpaired) electrons. The van der Waals surface area contributed by atoms with E-state index in [0.717, 1.165) is 5.69 Å². The van der Waals surface area contributed by atoms with Crippen LogP contribution in [0.2, 0.25) is 0 Å². The monoisotopic (exact) mass is 271 g/mol. The quantitative estimate of drug-likeness (QED) is 0.930. The Bertz CT molecular complexity index is 565. The lowest BCUT2D eigenvalue weighted by Gasteiger charge is -2.19. The molecule has 1 aromatic carbocycles. The Labute approximate surface area is 119 Å². The standard InChI is InChI=1S/C16H21N3O/c1-12(19-11-5-10-17-19)15(20)18-14-8-6-13(7-9-14)16(2,3)4/h5-12H,1-4H3,(H,18,20)/t12-/m0/s1. The van der Waals surface area contributed by atoms with Crippen LogP contribution < -0.4 is 5.32 Å². The number of nitrogens with one attached hydrogen (secondary N) is 1. The Morgan fingerprint density at radius 3 is 2.40 bits per heavy atom. The van der Waals surface area contributed by atoms with E-state index in [4.69, 9.17) is 0 Å². The first-order valence-electron chi connectivity index (χ1n) is 6.78. The largest absolute Gasteiger partial charge is 0.324 e. The third-order valence-corrected chi connectivity index (χ3v) is 3.32. The van der Waals surface area contributed by atoms with Gasteiger partial charge in [0.25, 0.3) is 0 Å². The van der Waals surface area contributed by atoms with Gasteiger partial charge in [0.15, 0.2) is 0 Å². The summed E-state index contributed by atoms with van der Waals surface area (Å²) in [7, 11) is 0. The molecule has 0 fully saturated rings. The molecule has 0 aliphatic rings. The lowest BCUT2D eigenvalue weighted by molar-refractivity contribution is -0.119. The van der Waals surface area contributed by atoms with Crippen LogP contribution in [0.3, 0.4) is 0 Å². The van der Waals surface area contributed by atoms with Crippen LogP contribution in [0.15, 0.2) is 42.7 Å². The molecule has 0 saturated heterocycles. The summed E-state index contributed by atoms with van der Waals surface area (Å²) in [4.78, 5) is 12.1. The zero-order valence-corrected chi connectivity index (χ0v) is 12.4. The van der Waals surface area contributed by atoms with Crippen LogP contribution in [0.4, 0.5) is 5.69 Å². The van der Waals surface area contributed by atoms with E-state index in [9.17, 15) is 4.79 Å². The van der Waals surface area contributed by atoms with Gasteiger partial charge in [0.05, 0.1) is 0 Å². The van der Waals surface area contributed by atoms with Gasteiger partial charge in [0.1, 0.15) is 6.04 Å². The maximum absolute atomic E-state index is 12.1. The number of hydrogen-bond donors (Lipinski definition) is 1. The highest BCUT2D eigenvalue weighted by Gasteiger charge is 2.16. The first-order valence-corrected chi connectivity index (χ1v) is 6.78. The molecule has 0 bridgehead atoms. The molecule has 1 aromatic heterocycles. The molecule has 0 saturated carbocycles. The highest BCUT2D eigenvalue weighted by Crippen LogP contribution is 2.23. The summed E-state index contributed by atoms with van der Waals surface area (Å²) < 4.78 is 1.64. The van der Waals surface area contributed by atoms with E-state index in [0.29, 0.717) is 0 Å². The van der Waals surface area contributed by atoms with Crippen molar-refractivity contribution in [3.8, 4) is 0 Å². The van der Waals surface area contributed by atoms with E-state index in [2.05, 4.69) is 31.2 Å². The third-order valence-electron chi connectivity index (χ3n) is 3.32. The summed E-state index contributed by atoms with van der Waals surface area (Å²) in [5.74, 6) is -0.0720.